The van der Waals surface area contributed by atoms with Crippen molar-refractivity contribution < 1.29 is 22.7 Å². The Kier molecular flexibility index (Phi) is 4.97. The summed E-state index contributed by atoms with van der Waals surface area (Å²) in [5, 5.41) is 0. The molecule has 1 aromatic rings. The van der Waals surface area contributed by atoms with Crippen LogP contribution in [0.15, 0.2) is 24.3 Å². The predicted octanol–water partition coefficient (Wildman–Crippen LogP) is 1.45. The summed E-state index contributed by atoms with van der Waals surface area (Å²) >= 11 is 0. The molecule has 0 aliphatic heterocycles. The van der Waals surface area contributed by atoms with Gasteiger partial charge in [0.1, 0.15) is 0 Å². The Morgan fingerprint density at radius 3 is 2.71 bits per heavy atom. The molecule has 21 heavy (non-hydrogen) atoms. The van der Waals surface area contributed by atoms with Gasteiger partial charge < -0.3 is 9.47 Å². The summed E-state index contributed by atoms with van der Waals surface area (Å²) in [6, 6.07) is 6.29. The van der Waals surface area contributed by atoms with Crippen molar-refractivity contribution in [1.82, 2.24) is 4.72 Å². The van der Waals surface area contributed by atoms with Crippen LogP contribution in [0, 0.1) is 5.92 Å². The normalized spacial score (nSPS) is 16.5. The summed E-state index contributed by atoms with van der Waals surface area (Å²) < 4.78 is 36.8. The summed E-state index contributed by atoms with van der Waals surface area (Å²) in [6.45, 7) is 0.397. The monoisotopic (exact) mass is 313 g/mol. The highest BCUT2D eigenvalue weighted by atomic mass is 32.2. The molecular weight excluding hydrogens is 294 g/mol. The Morgan fingerprint density at radius 1 is 1.43 bits per heavy atom. The molecule has 0 spiro atoms. The molecule has 7 heteroatoms. The number of esters is 1. The van der Waals surface area contributed by atoms with Crippen molar-refractivity contribution in [2.75, 3.05) is 20.8 Å². The van der Waals surface area contributed by atoms with Crippen LogP contribution in [0.1, 0.15) is 34.2 Å². The van der Waals surface area contributed by atoms with Crippen molar-refractivity contribution in [3.63, 3.8) is 0 Å². The highest BCUT2D eigenvalue weighted by molar-refractivity contribution is 7.89. The van der Waals surface area contributed by atoms with Crippen LogP contribution in [0.3, 0.4) is 0 Å². The molecule has 0 aromatic heterocycles. The lowest BCUT2D eigenvalue weighted by atomic mass is 10.1. The standard InChI is InChI=1S/C14H19NO5S/c1-15-21(17,18)14(20-9-10-6-7-10)12-5-3-4-11(8-12)13(16)19-2/h3-5,8,10,14-15H,6-7,9H2,1-2H3. The zero-order valence-electron chi connectivity index (χ0n) is 12.0. The molecule has 1 unspecified atom stereocenters. The van der Waals surface area contributed by atoms with Crippen molar-refractivity contribution in [2.24, 2.45) is 5.92 Å². The number of carbonyl (C=O) groups is 1. The smallest absolute Gasteiger partial charge is 0.337 e. The zero-order valence-corrected chi connectivity index (χ0v) is 12.9. The summed E-state index contributed by atoms with van der Waals surface area (Å²) in [5.41, 5.74) is -0.429. The predicted molar refractivity (Wildman–Crippen MR) is 77.2 cm³/mol. The molecule has 1 saturated carbocycles. The molecule has 1 N–H and O–H groups in total. The fourth-order valence-corrected chi connectivity index (χ4v) is 2.89. The molecular formula is C14H19NO5S. The number of sulfonamides is 1. The third-order valence-electron chi connectivity index (χ3n) is 3.33. The number of nitrogens with one attached hydrogen (secondary N) is 1. The fourth-order valence-electron chi connectivity index (χ4n) is 1.91. The van der Waals surface area contributed by atoms with Gasteiger partial charge in [-0.15, -0.1) is 0 Å². The second kappa shape index (κ2) is 6.55. The van der Waals surface area contributed by atoms with E-state index in [1.807, 2.05) is 0 Å². The third-order valence-corrected chi connectivity index (χ3v) is 4.87. The van der Waals surface area contributed by atoms with Crippen molar-refractivity contribution >= 4 is 16.0 Å². The quantitative estimate of drug-likeness (QED) is 0.770. The van der Waals surface area contributed by atoms with E-state index in [1.165, 1.54) is 20.2 Å². The summed E-state index contributed by atoms with van der Waals surface area (Å²) in [6.07, 6.45) is 2.13. The number of benzene rings is 1. The van der Waals surface area contributed by atoms with E-state index in [0.29, 0.717) is 23.7 Å². The van der Waals surface area contributed by atoms with Gasteiger partial charge >= 0.3 is 5.97 Å². The maximum absolute atomic E-state index is 12.1. The first-order chi connectivity index (χ1) is 9.97. The van der Waals surface area contributed by atoms with Crippen LogP contribution in [0.25, 0.3) is 0 Å². The topological polar surface area (TPSA) is 81.7 Å². The van der Waals surface area contributed by atoms with Gasteiger partial charge in [0.15, 0.2) is 5.44 Å². The molecule has 0 heterocycles. The minimum absolute atomic E-state index is 0.293. The SMILES string of the molecule is CNS(=O)(=O)C(OCC1CC1)c1cccc(C(=O)OC)c1. The van der Waals surface area contributed by atoms with Crippen LogP contribution in [-0.4, -0.2) is 35.2 Å². The lowest BCUT2D eigenvalue weighted by Crippen LogP contribution is -2.28. The molecule has 116 valence electrons. The van der Waals surface area contributed by atoms with Gasteiger partial charge in [-0.2, -0.15) is 0 Å². The lowest BCUT2D eigenvalue weighted by molar-refractivity contribution is 0.0599. The molecule has 0 saturated heterocycles. The summed E-state index contributed by atoms with van der Waals surface area (Å²) in [4.78, 5) is 11.6. The van der Waals surface area contributed by atoms with Crippen LogP contribution < -0.4 is 4.72 Å². The highest BCUT2D eigenvalue weighted by Crippen LogP contribution is 2.32. The number of hydrogen-bond donors (Lipinski definition) is 1. The molecule has 0 bridgehead atoms. The van der Waals surface area contributed by atoms with E-state index in [9.17, 15) is 13.2 Å². The Balaban J connectivity index is 2.28. The van der Waals surface area contributed by atoms with Crippen molar-refractivity contribution in [1.29, 1.82) is 0 Å². The van der Waals surface area contributed by atoms with Gasteiger partial charge in [0.05, 0.1) is 19.3 Å². The van der Waals surface area contributed by atoms with Crippen LogP contribution >= 0.6 is 0 Å². The molecule has 1 atom stereocenters. The molecule has 0 amide bonds. The summed E-state index contributed by atoms with van der Waals surface area (Å²) in [5.74, 6) is -0.0806. The number of rotatable bonds is 7. The Bertz CT molecular complexity index is 610. The lowest BCUT2D eigenvalue weighted by Gasteiger charge is -2.18. The molecule has 1 aliphatic rings. The van der Waals surface area contributed by atoms with Gasteiger partial charge in [0.25, 0.3) is 0 Å². The van der Waals surface area contributed by atoms with Gasteiger partial charge in [-0.05, 0) is 43.5 Å². The van der Waals surface area contributed by atoms with E-state index < -0.39 is 21.4 Å². The number of carbonyl (C=O) groups excluding carboxylic acids is 1. The average molecular weight is 313 g/mol. The first-order valence-electron chi connectivity index (χ1n) is 6.70. The fraction of sp³-hybridized carbons (Fsp3) is 0.500. The van der Waals surface area contributed by atoms with E-state index in [4.69, 9.17) is 4.74 Å². The summed E-state index contributed by atoms with van der Waals surface area (Å²) in [7, 11) is -1.04. The molecule has 1 fully saturated rings. The van der Waals surface area contributed by atoms with Gasteiger partial charge in [-0.3, -0.25) is 0 Å². The first kappa shape index (κ1) is 15.9. The van der Waals surface area contributed by atoms with Crippen molar-refractivity contribution in [3.8, 4) is 0 Å². The van der Waals surface area contributed by atoms with Crippen molar-refractivity contribution in [2.45, 2.75) is 18.3 Å². The number of hydrogen-bond acceptors (Lipinski definition) is 5. The Hall–Kier alpha value is -1.44. The Morgan fingerprint density at radius 2 is 2.14 bits per heavy atom. The van der Waals surface area contributed by atoms with Crippen LogP contribution in [0.4, 0.5) is 0 Å². The van der Waals surface area contributed by atoms with Gasteiger partial charge in [0.2, 0.25) is 10.0 Å². The maximum Gasteiger partial charge on any atom is 0.337 e. The molecule has 0 radical (unpaired) electrons. The minimum atomic E-state index is -3.65. The van der Waals surface area contributed by atoms with E-state index in [2.05, 4.69) is 9.46 Å². The zero-order chi connectivity index (χ0) is 15.5. The highest BCUT2D eigenvalue weighted by Gasteiger charge is 2.30. The van der Waals surface area contributed by atoms with Crippen molar-refractivity contribution in [3.05, 3.63) is 35.4 Å². The van der Waals surface area contributed by atoms with E-state index >= 15 is 0 Å². The molecule has 2 rings (SSSR count). The second-order valence-electron chi connectivity index (χ2n) is 4.97. The molecule has 1 aromatic carbocycles. The number of methoxy groups -OCH3 is 1. The van der Waals surface area contributed by atoms with Gasteiger partial charge in [-0.25, -0.2) is 17.9 Å². The van der Waals surface area contributed by atoms with Crippen LogP contribution in [0.5, 0.6) is 0 Å². The van der Waals surface area contributed by atoms with Crippen LogP contribution in [0.2, 0.25) is 0 Å². The molecule has 1 aliphatic carbocycles. The Labute approximate surface area is 124 Å². The molecule has 6 nitrogen and oxygen atoms in total. The second-order valence-corrected chi connectivity index (χ2v) is 6.90. The van der Waals surface area contributed by atoms with Crippen LogP contribution in [-0.2, 0) is 19.5 Å². The average Bonchev–Trinajstić information content (AvgIpc) is 3.31. The van der Waals surface area contributed by atoms with E-state index in [-0.39, 0.29) is 0 Å². The third kappa shape index (κ3) is 4.03. The first-order valence-corrected chi connectivity index (χ1v) is 8.25. The minimum Gasteiger partial charge on any atom is -0.465 e. The maximum atomic E-state index is 12.1. The largest absolute Gasteiger partial charge is 0.465 e. The van der Waals surface area contributed by atoms with E-state index in [0.717, 1.165) is 12.8 Å². The van der Waals surface area contributed by atoms with Gasteiger partial charge in [-0.1, -0.05) is 12.1 Å². The van der Waals surface area contributed by atoms with Gasteiger partial charge in [0, 0.05) is 0 Å². The van der Waals surface area contributed by atoms with E-state index in [1.54, 1.807) is 18.2 Å². The number of ether oxygens (including phenoxy) is 2.